The van der Waals surface area contributed by atoms with Gasteiger partial charge in [0.05, 0.1) is 33.1 Å². The van der Waals surface area contributed by atoms with Crippen molar-refractivity contribution in [2.75, 3.05) is 21.3 Å². The number of rotatable bonds is 7. The number of carbonyl (C=O) groups excluding carboxylic acids is 2. The first kappa shape index (κ1) is 22.6. The molecule has 0 atom stereocenters. The largest absolute Gasteiger partial charge is 0.493 e. The van der Waals surface area contributed by atoms with Crippen LogP contribution in [0.15, 0.2) is 41.2 Å². The lowest BCUT2D eigenvalue weighted by molar-refractivity contribution is -0.121. The lowest BCUT2D eigenvalue weighted by Gasteiger charge is -2.16. The molecule has 10 nitrogen and oxygen atoms in total. The molecule has 0 saturated heterocycles. The monoisotopic (exact) mass is 440 g/mol. The lowest BCUT2D eigenvalue weighted by Crippen LogP contribution is -2.43. The number of hydrogen-bond acceptors (Lipinski definition) is 7. The first-order chi connectivity index (χ1) is 15.4. The summed E-state index contributed by atoms with van der Waals surface area (Å²) in [5.74, 6) is 0.0525. The molecule has 1 heterocycles. The second-order valence-electron chi connectivity index (χ2n) is 6.69. The van der Waals surface area contributed by atoms with Crippen LogP contribution in [0, 0.1) is 0 Å². The van der Waals surface area contributed by atoms with Crippen molar-refractivity contribution in [2.24, 2.45) is 0 Å². The minimum absolute atomic E-state index is 0.0334. The third-order valence-electron chi connectivity index (χ3n) is 4.83. The maximum Gasteiger partial charge on any atom is 0.290 e. The Morgan fingerprint density at radius 1 is 0.938 bits per heavy atom. The van der Waals surface area contributed by atoms with Gasteiger partial charge in [0.1, 0.15) is 0 Å². The third-order valence-corrected chi connectivity index (χ3v) is 4.83. The number of benzene rings is 2. The maximum atomic E-state index is 12.7. The molecule has 0 bridgehead atoms. The highest BCUT2D eigenvalue weighted by molar-refractivity contribution is 6.05. The molecule has 0 saturated carbocycles. The maximum absolute atomic E-state index is 12.7. The molecule has 0 fully saturated rings. The first-order valence-electron chi connectivity index (χ1n) is 9.82. The normalized spacial score (nSPS) is 10.5. The standard InChI is InChI=1S/C22H24N4O6/c1-5-26-22(29)15-9-7-6-8-14(15)18(25-26)21(28)24-23-17(27)12-13-10-11-16(30-2)20(32-4)19(13)31-3/h6-11H,5,12H2,1-4H3,(H,23,27)(H,24,28). The van der Waals surface area contributed by atoms with E-state index in [1.54, 1.807) is 43.3 Å². The zero-order valence-electron chi connectivity index (χ0n) is 18.2. The zero-order chi connectivity index (χ0) is 23.3. The molecule has 2 aromatic carbocycles. The van der Waals surface area contributed by atoms with E-state index in [4.69, 9.17) is 14.2 Å². The third kappa shape index (κ3) is 4.34. The highest BCUT2D eigenvalue weighted by Gasteiger charge is 2.20. The van der Waals surface area contributed by atoms with Gasteiger partial charge in [0.25, 0.3) is 11.5 Å². The van der Waals surface area contributed by atoms with Crippen molar-refractivity contribution in [3.05, 3.63) is 58.0 Å². The molecule has 0 spiro atoms. The van der Waals surface area contributed by atoms with Crippen LogP contribution < -0.4 is 30.6 Å². The molecule has 2 N–H and O–H groups in total. The molecule has 10 heteroatoms. The van der Waals surface area contributed by atoms with E-state index < -0.39 is 11.8 Å². The topological polar surface area (TPSA) is 121 Å². The van der Waals surface area contributed by atoms with E-state index in [2.05, 4.69) is 16.0 Å². The number of fused-ring (bicyclic) bond motifs is 1. The second kappa shape index (κ2) is 9.82. The van der Waals surface area contributed by atoms with Gasteiger partial charge >= 0.3 is 0 Å². The quantitative estimate of drug-likeness (QED) is 0.534. The fourth-order valence-corrected chi connectivity index (χ4v) is 3.32. The van der Waals surface area contributed by atoms with E-state index in [1.165, 1.54) is 26.0 Å². The predicted octanol–water partition coefficient (Wildman–Crippen LogP) is 1.45. The van der Waals surface area contributed by atoms with Gasteiger partial charge in [0.2, 0.25) is 11.7 Å². The van der Waals surface area contributed by atoms with Gasteiger partial charge in [-0.1, -0.05) is 24.3 Å². The number of aryl methyl sites for hydroxylation is 1. The van der Waals surface area contributed by atoms with Crippen molar-refractivity contribution < 1.29 is 23.8 Å². The molecular weight excluding hydrogens is 416 g/mol. The van der Waals surface area contributed by atoms with Crippen LogP contribution in [-0.2, 0) is 17.8 Å². The Balaban J connectivity index is 1.79. The van der Waals surface area contributed by atoms with Crippen LogP contribution >= 0.6 is 0 Å². The Kier molecular flexibility index (Phi) is 6.93. The van der Waals surface area contributed by atoms with Gasteiger partial charge in [0.15, 0.2) is 17.2 Å². The van der Waals surface area contributed by atoms with Crippen LogP contribution in [0.3, 0.4) is 0 Å². The van der Waals surface area contributed by atoms with Crippen molar-refractivity contribution in [1.82, 2.24) is 20.6 Å². The average molecular weight is 440 g/mol. The molecule has 0 aliphatic carbocycles. The summed E-state index contributed by atoms with van der Waals surface area (Å²) >= 11 is 0. The summed E-state index contributed by atoms with van der Waals surface area (Å²) < 4.78 is 17.1. The fourth-order valence-electron chi connectivity index (χ4n) is 3.32. The number of ether oxygens (including phenoxy) is 3. The summed E-state index contributed by atoms with van der Waals surface area (Å²) in [7, 11) is 4.43. The zero-order valence-corrected chi connectivity index (χ0v) is 18.2. The number of hydrogen-bond donors (Lipinski definition) is 2. The Morgan fingerprint density at radius 2 is 1.62 bits per heavy atom. The van der Waals surface area contributed by atoms with Crippen LogP contribution in [0.5, 0.6) is 17.2 Å². The van der Waals surface area contributed by atoms with E-state index in [-0.39, 0.29) is 17.7 Å². The van der Waals surface area contributed by atoms with E-state index >= 15 is 0 Å². The lowest BCUT2D eigenvalue weighted by atomic mass is 10.1. The number of hydrazine groups is 1. The van der Waals surface area contributed by atoms with Crippen LogP contribution in [0.4, 0.5) is 0 Å². The van der Waals surface area contributed by atoms with Crippen molar-refractivity contribution in [3.63, 3.8) is 0 Å². The van der Waals surface area contributed by atoms with Crippen molar-refractivity contribution in [1.29, 1.82) is 0 Å². The molecule has 1 aromatic heterocycles. The van der Waals surface area contributed by atoms with E-state index in [9.17, 15) is 14.4 Å². The Morgan fingerprint density at radius 3 is 2.25 bits per heavy atom. The number of carbonyl (C=O) groups is 2. The molecule has 32 heavy (non-hydrogen) atoms. The molecule has 3 aromatic rings. The smallest absolute Gasteiger partial charge is 0.290 e. The van der Waals surface area contributed by atoms with Crippen LogP contribution in [-0.4, -0.2) is 42.9 Å². The SMILES string of the molecule is CCn1nc(C(=O)NNC(=O)Cc2ccc(OC)c(OC)c2OC)c2ccccc2c1=O. The van der Waals surface area contributed by atoms with E-state index in [0.29, 0.717) is 40.1 Å². The predicted molar refractivity (Wildman–Crippen MR) is 117 cm³/mol. The van der Waals surface area contributed by atoms with Gasteiger partial charge < -0.3 is 14.2 Å². The van der Waals surface area contributed by atoms with E-state index in [1.807, 2.05) is 0 Å². The Hall–Kier alpha value is -4.08. The molecule has 0 unspecified atom stereocenters. The number of methoxy groups -OCH3 is 3. The van der Waals surface area contributed by atoms with Gasteiger partial charge in [-0.15, -0.1) is 0 Å². The van der Waals surface area contributed by atoms with Gasteiger partial charge in [-0.3, -0.25) is 25.2 Å². The van der Waals surface area contributed by atoms with Gasteiger partial charge in [-0.05, 0) is 19.1 Å². The van der Waals surface area contributed by atoms with Crippen LogP contribution in [0.1, 0.15) is 23.0 Å². The van der Waals surface area contributed by atoms with Gasteiger partial charge in [-0.25, -0.2) is 4.68 Å². The molecule has 3 rings (SSSR count). The van der Waals surface area contributed by atoms with Crippen LogP contribution in [0.2, 0.25) is 0 Å². The first-order valence-corrected chi connectivity index (χ1v) is 9.82. The summed E-state index contributed by atoms with van der Waals surface area (Å²) in [6, 6.07) is 10.0. The second-order valence-corrected chi connectivity index (χ2v) is 6.69. The average Bonchev–Trinajstić information content (AvgIpc) is 2.82. The van der Waals surface area contributed by atoms with Gasteiger partial charge in [0, 0.05) is 17.5 Å². The fraction of sp³-hybridized carbons (Fsp3) is 0.273. The van der Waals surface area contributed by atoms with Crippen LogP contribution in [0.25, 0.3) is 10.8 Å². The molecule has 0 aliphatic heterocycles. The molecule has 0 aliphatic rings. The number of aromatic nitrogens is 2. The minimum atomic E-state index is -0.643. The van der Waals surface area contributed by atoms with Gasteiger partial charge in [-0.2, -0.15) is 5.10 Å². The minimum Gasteiger partial charge on any atom is -0.493 e. The molecule has 0 radical (unpaired) electrons. The summed E-state index contributed by atoms with van der Waals surface area (Å²) in [4.78, 5) is 37.6. The highest BCUT2D eigenvalue weighted by atomic mass is 16.5. The molecule has 2 amide bonds. The summed E-state index contributed by atoms with van der Waals surface area (Å²) in [5.41, 5.74) is 5.01. The Bertz CT molecular complexity index is 1220. The number of nitrogens with zero attached hydrogens (tertiary/aromatic N) is 2. The molecule has 168 valence electrons. The summed E-state index contributed by atoms with van der Waals surface area (Å²) in [5, 5.41) is 4.91. The number of amides is 2. The van der Waals surface area contributed by atoms with E-state index in [0.717, 1.165) is 0 Å². The summed E-state index contributed by atoms with van der Waals surface area (Å²) in [6.45, 7) is 2.05. The van der Waals surface area contributed by atoms with Crippen molar-refractivity contribution in [2.45, 2.75) is 19.9 Å². The van der Waals surface area contributed by atoms with Crippen molar-refractivity contribution in [3.8, 4) is 17.2 Å². The Labute approximate surface area is 184 Å². The van der Waals surface area contributed by atoms with Crippen molar-refractivity contribution >= 4 is 22.6 Å². The number of nitrogens with one attached hydrogen (secondary N) is 2. The summed E-state index contributed by atoms with van der Waals surface area (Å²) in [6.07, 6.45) is -0.0908. The highest BCUT2D eigenvalue weighted by Crippen LogP contribution is 2.39. The molecular formula is C22H24N4O6.